The van der Waals surface area contributed by atoms with Gasteiger partial charge in [-0.1, -0.05) is 18.6 Å². The summed E-state index contributed by atoms with van der Waals surface area (Å²) in [6, 6.07) is 8.59. The predicted molar refractivity (Wildman–Crippen MR) is 109 cm³/mol. The molecule has 29 heavy (non-hydrogen) atoms. The maximum absolute atomic E-state index is 12.7. The van der Waals surface area contributed by atoms with E-state index < -0.39 is 12.0 Å². The number of carboxylic acids is 1. The third-order valence-corrected chi connectivity index (χ3v) is 5.22. The summed E-state index contributed by atoms with van der Waals surface area (Å²) in [4.78, 5) is 30.8. The van der Waals surface area contributed by atoms with E-state index >= 15 is 0 Å². The zero-order chi connectivity index (χ0) is 20.2. The molecule has 0 unspecified atom stereocenters. The van der Waals surface area contributed by atoms with Gasteiger partial charge < -0.3 is 15.3 Å². The van der Waals surface area contributed by atoms with Crippen molar-refractivity contribution in [3.63, 3.8) is 0 Å². The molecule has 8 nitrogen and oxygen atoms in total. The van der Waals surface area contributed by atoms with Crippen LogP contribution in [0, 0.1) is 0 Å². The number of amides is 1. The molecule has 1 saturated heterocycles. The lowest BCUT2D eigenvalue weighted by molar-refractivity contribution is 0.0692. The number of carbonyl (C=O) groups excluding carboxylic acids is 1. The van der Waals surface area contributed by atoms with Crippen molar-refractivity contribution in [1.29, 1.82) is 0 Å². The molecule has 0 bridgehead atoms. The van der Waals surface area contributed by atoms with Crippen LogP contribution in [-0.2, 0) is 0 Å². The van der Waals surface area contributed by atoms with Crippen LogP contribution in [0.5, 0.6) is 0 Å². The third-order valence-electron chi connectivity index (χ3n) is 5.22. The summed E-state index contributed by atoms with van der Waals surface area (Å²) < 4.78 is 1.14. The highest BCUT2D eigenvalue weighted by Gasteiger charge is 2.20. The van der Waals surface area contributed by atoms with E-state index in [9.17, 15) is 14.7 Å². The van der Waals surface area contributed by atoms with E-state index in [1.54, 1.807) is 24.5 Å². The van der Waals surface area contributed by atoms with Crippen molar-refractivity contribution in [3.8, 4) is 11.1 Å². The first-order valence-corrected chi connectivity index (χ1v) is 9.80. The minimum Gasteiger partial charge on any atom is -0.476 e. The van der Waals surface area contributed by atoms with E-state index in [2.05, 4.69) is 20.3 Å². The zero-order valence-corrected chi connectivity index (χ0v) is 16.0. The molecule has 2 aromatic heterocycles. The Morgan fingerprint density at radius 3 is 2.66 bits per heavy atom. The van der Waals surface area contributed by atoms with Crippen molar-refractivity contribution in [2.24, 2.45) is 0 Å². The highest BCUT2D eigenvalue weighted by atomic mass is 16.4. The second kappa shape index (κ2) is 8.40. The van der Waals surface area contributed by atoms with Crippen molar-refractivity contribution in [2.45, 2.75) is 19.3 Å². The number of hydrogen-bond acceptors (Lipinski definition) is 5. The lowest BCUT2D eigenvalue weighted by Crippen LogP contribution is -2.39. The number of aromatic nitrogens is 3. The minimum atomic E-state index is -1.17. The smallest absolute Gasteiger partial charge is 0.357 e. The molecule has 1 amide bonds. The predicted octanol–water partition coefficient (Wildman–Crippen LogP) is 2.84. The summed E-state index contributed by atoms with van der Waals surface area (Å²) in [5.41, 5.74) is 2.00. The normalized spacial score (nSPS) is 14.8. The van der Waals surface area contributed by atoms with Gasteiger partial charge in [0, 0.05) is 36.4 Å². The van der Waals surface area contributed by atoms with Gasteiger partial charge in [0.25, 0.3) is 0 Å². The molecule has 0 aliphatic carbocycles. The largest absolute Gasteiger partial charge is 0.476 e. The fraction of sp³-hybridized carbons (Fsp3) is 0.333. The Kier molecular flexibility index (Phi) is 5.53. The van der Waals surface area contributed by atoms with Gasteiger partial charge in [0.2, 0.25) is 0 Å². The van der Waals surface area contributed by atoms with Crippen LogP contribution in [0.25, 0.3) is 22.0 Å². The lowest BCUT2D eigenvalue weighted by atomic mass is 10.0. The number of hydrogen-bond donors (Lipinski definition) is 2. The van der Waals surface area contributed by atoms with Gasteiger partial charge in [-0.05, 0) is 49.7 Å². The number of pyridine rings is 1. The number of likely N-dealkylation sites (tertiary alicyclic amines) is 1. The van der Waals surface area contributed by atoms with E-state index in [0.29, 0.717) is 17.4 Å². The van der Waals surface area contributed by atoms with E-state index in [1.807, 2.05) is 18.2 Å². The van der Waals surface area contributed by atoms with Crippen molar-refractivity contribution in [3.05, 3.63) is 48.4 Å². The number of piperidine rings is 1. The Bertz CT molecular complexity index is 1030. The van der Waals surface area contributed by atoms with Gasteiger partial charge in [0.15, 0.2) is 5.69 Å². The highest BCUT2D eigenvalue weighted by molar-refractivity contribution is 6.05. The molecule has 150 valence electrons. The number of rotatable bonds is 5. The first-order chi connectivity index (χ1) is 14.1. The van der Waals surface area contributed by atoms with Crippen LogP contribution in [0.2, 0.25) is 0 Å². The summed E-state index contributed by atoms with van der Waals surface area (Å²) in [7, 11) is 0. The topological polar surface area (TPSA) is 100 Å². The lowest BCUT2D eigenvalue weighted by Gasteiger charge is -2.26. The van der Waals surface area contributed by atoms with Crippen LogP contribution in [0.4, 0.5) is 4.79 Å². The fourth-order valence-electron chi connectivity index (χ4n) is 3.72. The maximum Gasteiger partial charge on any atom is 0.357 e. The molecule has 0 radical (unpaired) electrons. The average Bonchev–Trinajstić information content (AvgIpc) is 3.14. The van der Waals surface area contributed by atoms with Crippen LogP contribution in [0.15, 0.2) is 42.7 Å². The molecule has 1 aliphatic rings. The molecule has 0 spiro atoms. The first kappa shape index (κ1) is 19.1. The number of carbonyl (C=O) groups is 2. The molecule has 3 heterocycles. The Labute approximate surface area is 168 Å². The van der Waals surface area contributed by atoms with Crippen molar-refractivity contribution in [2.75, 3.05) is 26.2 Å². The van der Waals surface area contributed by atoms with Crippen molar-refractivity contribution in [1.82, 2.24) is 25.0 Å². The van der Waals surface area contributed by atoms with Crippen LogP contribution in [0.1, 0.15) is 29.8 Å². The summed E-state index contributed by atoms with van der Waals surface area (Å²) in [5, 5.41) is 16.9. The third kappa shape index (κ3) is 4.12. The first-order valence-electron chi connectivity index (χ1n) is 9.80. The molecule has 8 heteroatoms. The van der Waals surface area contributed by atoms with Crippen LogP contribution in [-0.4, -0.2) is 63.0 Å². The molecule has 1 aromatic carbocycles. The van der Waals surface area contributed by atoms with Gasteiger partial charge in [-0.3, -0.25) is 4.98 Å². The average molecular weight is 393 g/mol. The van der Waals surface area contributed by atoms with E-state index in [0.717, 1.165) is 35.4 Å². The van der Waals surface area contributed by atoms with Gasteiger partial charge in [0.05, 0.1) is 5.52 Å². The second-order valence-corrected chi connectivity index (χ2v) is 7.17. The second-order valence-electron chi connectivity index (χ2n) is 7.17. The highest BCUT2D eigenvalue weighted by Crippen LogP contribution is 2.26. The summed E-state index contributed by atoms with van der Waals surface area (Å²) in [6.07, 6.45) is 7.04. The number of nitrogens with zero attached hydrogens (tertiary/aromatic N) is 4. The molecule has 0 saturated carbocycles. The summed E-state index contributed by atoms with van der Waals surface area (Å²) in [5.74, 6) is -1.17. The van der Waals surface area contributed by atoms with E-state index in [4.69, 9.17) is 0 Å². The van der Waals surface area contributed by atoms with Gasteiger partial charge in [-0.25, -0.2) is 9.59 Å². The van der Waals surface area contributed by atoms with Crippen LogP contribution < -0.4 is 5.32 Å². The molecular formula is C21H23N5O3. The fourth-order valence-corrected chi connectivity index (χ4v) is 3.72. The minimum absolute atomic E-state index is 0.142. The van der Waals surface area contributed by atoms with Crippen LogP contribution >= 0.6 is 0 Å². The van der Waals surface area contributed by atoms with E-state index in [-0.39, 0.29) is 5.69 Å². The SMILES string of the molecule is O=C(O)c1nn(C(=O)NCCN2CCCCC2)c2ccc(-c3cccnc3)cc12. The van der Waals surface area contributed by atoms with Crippen molar-refractivity contribution < 1.29 is 14.7 Å². The summed E-state index contributed by atoms with van der Waals surface area (Å²) >= 11 is 0. The molecular weight excluding hydrogens is 370 g/mol. The Morgan fingerprint density at radius 2 is 1.93 bits per heavy atom. The van der Waals surface area contributed by atoms with Gasteiger partial charge in [-0.2, -0.15) is 9.78 Å². The van der Waals surface area contributed by atoms with Gasteiger partial charge in [-0.15, -0.1) is 0 Å². The van der Waals surface area contributed by atoms with Crippen molar-refractivity contribution >= 4 is 22.9 Å². The number of nitrogens with one attached hydrogen (secondary N) is 1. The molecule has 3 aromatic rings. The molecule has 4 rings (SSSR count). The Hall–Kier alpha value is -3.26. The Morgan fingerprint density at radius 1 is 1.10 bits per heavy atom. The molecule has 1 aliphatic heterocycles. The van der Waals surface area contributed by atoms with Gasteiger partial charge in [0.1, 0.15) is 0 Å². The monoisotopic (exact) mass is 393 g/mol. The van der Waals surface area contributed by atoms with Gasteiger partial charge >= 0.3 is 12.0 Å². The summed E-state index contributed by atoms with van der Waals surface area (Å²) in [6.45, 7) is 3.39. The zero-order valence-electron chi connectivity index (χ0n) is 16.0. The van der Waals surface area contributed by atoms with Crippen LogP contribution in [0.3, 0.4) is 0 Å². The number of aromatic carboxylic acids is 1. The number of carboxylic acid groups (broad SMARTS) is 1. The van der Waals surface area contributed by atoms with E-state index in [1.165, 1.54) is 19.3 Å². The molecule has 0 atom stereocenters. The molecule has 2 N–H and O–H groups in total. The number of fused-ring (bicyclic) bond motifs is 1. The Balaban J connectivity index is 1.57. The number of benzene rings is 1. The molecule has 1 fully saturated rings. The quantitative estimate of drug-likeness (QED) is 0.691. The maximum atomic E-state index is 12.7. The standard InChI is InChI=1S/C21H23N5O3/c27-20(28)19-17-13-15(16-5-4-8-22-14-16)6-7-18(17)26(24-19)21(29)23-9-12-25-10-2-1-3-11-25/h4-8,13-14H,1-3,9-12H2,(H,23,29)(H,27,28).